The van der Waals surface area contributed by atoms with E-state index in [1.807, 2.05) is 6.07 Å². The molecule has 1 aliphatic heterocycles. The highest BCUT2D eigenvalue weighted by molar-refractivity contribution is 7.89. The lowest BCUT2D eigenvalue weighted by Gasteiger charge is -2.37. The highest BCUT2D eigenvalue weighted by Crippen LogP contribution is 2.38. The summed E-state index contributed by atoms with van der Waals surface area (Å²) < 4.78 is 63.0. The topological polar surface area (TPSA) is 92.5 Å². The third-order valence-electron chi connectivity index (χ3n) is 6.36. The van der Waals surface area contributed by atoms with Crippen LogP contribution in [0.4, 0.5) is 8.78 Å². The molecule has 35 heavy (non-hydrogen) atoms. The second-order valence-corrected chi connectivity index (χ2v) is 11.0. The van der Waals surface area contributed by atoms with Crippen LogP contribution in [-0.4, -0.2) is 29.8 Å². The van der Waals surface area contributed by atoms with E-state index in [9.17, 15) is 13.2 Å². The van der Waals surface area contributed by atoms with E-state index in [-0.39, 0.29) is 29.4 Å². The lowest BCUT2D eigenvalue weighted by molar-refractivity contribution is 0.0930. The van der Waals surface area contributed by atoms with Crippen LogP contribution in [0.3, 0.4) is 0 Å². The second-order valence-electron chi connectivity index (χ2n) is 8.90. The van der Waals surface area contributed by atoms with Gasteiger partial charge in [0.15, 0.2) is 5.69 Å². The number of amides is 1. The first-order valence-electron chi connectivity index (χ1n) is 11.4. The van der Waals surface area contributed by atoms with Crippen molar-refractivity contribution in [3.8, 4) is 0 Å². The molecule has 7 nitrogen and oxygen atoms in total. The van der Waals surface area contributed by atoms with Crippen LogP contribution < -0.4 is 5.32 Å². The van der Waals surface area contributed by atoms with Gasteiger partial charge in [0, 0.05) is 29.8 Å². The van der Waals surface area contributed by atoms with Gasteiger partial charge in [0.05, 0.1) is 6.04 Å². The molecule has 10 heteroatoms. The van der Waals surface area contributed by atoms with Gasteiger partial charge < -0.3 is 9.84 Å². The van der Waals surface area contributed by atoms with Crippen LogP contribution in [0.15, 0.2) is 53.1 Å². The summed E-state index contributed by atoms with van der Waals surface area (Å²) in [7, 11) is -3.79. The fraction of sp³-hybridized carbons (Fsp3) is 0.360. The van der Waals surface area contributed by atoms with Crippen molar-refractivity contribution < 1.29 is 26.5 Å². The summed E-state index contributed by atoms with van der Waals surface area (Å²) in [6.07, 6.45) is 1.06. The number of sulfonamides is 1. The van der Waals surface area contributed by atoms with Crippen molar-refractivity contribution in [2.45, 2.75) is 57.5 Å². The summed E-state index contributed by atoms with van der Waals surface area (Å²) in [5.41, 5.74) is 0.583. The number of rotatable bonds is 6. The maximum absolute atomic E-state index is 15.1. The lowest BCUT2D eigenvalue weighted by Crippen LogP contribution is -2.44. The Hall–Kier alpha value is -3.11. The van der Waals surface area contributed by atoms with Gasteiger partial charge in [0.2, 0.25) is 10.0 Å². The Labute approximate surface area is 203 Å². The molecule has 0 spiro atoms. The van der Waals surface area contributed by atoms with E-state index in [1.54, 1.807) is 38.1 Å². The van der Waals surface area contributed by atoms with E-state index in [0.29, 0.717) is 24.2 Å². The molecule has 1 saturated heterocycles. The quantitative estimate of drug-likeness (QED) is 0.521. The number of carbonyl (C=O) groups excluding carboxylic acids is 1. The van der Waals surface area contributed by atoms with Gasteiger partial charge in [-0.05, 0) is 51.3 Å². The predicted molar refractivity (Wildman–Crippen MR) is 126 cm³/mol. The third kappa shape index (κ3) is 5.13. The normalized spacial score (nSPS) is 20.9. The molecule has 1 aliphatic rings. The van der Waals surface area contributed by atoms with E-state index < -0.39 is 38.9 Å². The SMILES string of the molecule is Cc1cc(C(=O)NC(C)c2cc(F)c(CN3[C@H](C)CC[C@@H](c4ccccc4)S3(=O)=O)cc2F)no1. The molecule has 4 rings (SSSR count). The third-order valence-corrected chi connectivity index (χ3v) is 8.73. The molecule has 3 atom stereocenters. The number of halogens is 2. The summed E-state index contributed by atoms with van der Waals surface area (Å²) >= 11 is 0. The van der Waals surface area contributed by atoms with E-state index in [1.165, 1.54) is 17.3 Å². The zero-order valence-electron chi connectivity index (χ0n) is 19.7. The Morgan fingerprint density at radius 2 is 1.89 bits per heavy atom. The Balaban J connectivity index is 1.55. The Morgan fingerprint density at radius 1 is 1.17 bits per heavy atom. The fourth-order valence-corrected chi connectivity index (χ4v) is 6.59. The molecule has 1 N–H and O–H groups in total. The predicted octanol–water partition coefficient (Wildman–Crippen LogP) is 4.81. The highest BCUT2D eigenvalue weighted by Gasteiger charge is 2.40. The number of hydrogen-bond acceptors (Lipinski definition) is 5. The summed E-state index contributed by atoms with van der Waals surface area (Å²) in [5.74, 6) is -1.63. The van der Waals surface area contributed by atoms with Gasteiger partial charge in [-0.1, -0.05) is 35.5 Å². The first kappa shape index (κ1) is 25.0. The average Bonchev–Trinajstić information content (AvgIpc) is 3.25. The van der Waals surface area contributed by atoms with Crippen molar-refractivity contribution >= 4 is 15.9 Å². The average molecular weight is 504 g/mol. The minimum atomic E-state index is -3.79. The molecule has 0 bridgehead atoms. The minimum absolute atomic E-state index is 0.0316. The van der Waals surface area contributed by atoms with Crippen LogP contribution in [0.25, 0.3) is 0 Å². The molecule has 2 heterocycles. The summed E-state index contributed by atoms with van der Waals surface area (Å²) in [6, 6.07) is 11.1. The molecule has 3 aromatic rings. The summed E-state index contributed by atoms with van der Waals surface area (Å²) in [5, 5.41) is 5.44. The zero-order valence-corrected chi connectivity index (χ0v) is 20.5. The number of nitrogens with one attached hydrogen (secondary N) is 1. The van der Waals surface area contributed by atoms with Crippen LogP contribution >= 0.6 is 0 Å². The fourth-order valence-electron chi connectivity index (χ4n) is 4.40. The molecule has 1 unspecified atom stereocenters. The monoisotopic (exact) mass is 503 g/mol. The number of hydrogen-bond donors (Lipinski definition) is 1. The van der Waals surface area contributed by atoms with Crippen LogP contribution in [0.5, 0.6) is 0 Å². The number of aryl methyl sites for hydroxylation is 1. The van der Waals surface area contributed by atoms with Crippen molar-refractivity contribution in [3.05, 3.63) is 88.3 Å². The first-order valence-corrected chi connectivity index (χ1v) is 12.9. The Morgan fingerprint density at radius 3 is 2.54 bits per heavy atom. The molecule has 0 saturated carbocycles. The zero-order chi connectivity index (χ0) is 25.3. The van der Waals surface area contributed by atoms with Crippen molar-refractivity contribution in [2.75, 3.05) is 0 Å². The van der Waals surface area contributed by atoms with Crippen molar-refractivity contribution in [3.63, 3.8) is 0 Å². The van der Waals surface area contributed by atoms with E-state index in [4.69, 9.17) is 4.52 Å². The molecule has 0 aliphatic carbocycles. The van der Waals surface area contributed by atoms with Gasteiger partial charge in [-0.15, -0.1) is 0 Å². The molecule has 1 amide bonds. The standard InChI is InChI=1S/C25H27F2N3O4S/c1-15-9-10-24(18-7-5-4-6-8-18)35(32,33)30(15)14-19-12-22(27)20(13-21(19)26)17(3)28-25(31)23-11-16(2)34-29-23/h4-8,11-13,15,17,24H,9-10,14H2,1-3H3,(H,28,31)/t15-,17?,24+/m1/s1. The van der Waals surface area contributed by atoms with Crippen molar-refractivity contribution in [1.29, 1.82) is 0 Å². The van der Waals surface area contributed by atoms with Gasteiger partial charge in [-0.25, -0.2) is 17.2 Å². The highest BCUT2D eigenvalue weighted by atomic mass is 32.2. The van der Waals surface area contributed by atoms with Gasteiger partial charge >= 0.3 is 0 Å². The number of carbonyl (C=O) groups is 1. The molecule has 1 aromatic heterocycles. The summed E-state index contributed by atoms with van der Waals surface area (Å²) in [4.78, 5) is 12.3. The molecule has 0 radical (unpaired) electrons. The number of aromatic nitrogens is 1. The van der Waals surface area contributed by atoms with Gasteiger partial charge in [0.25, 0.3) is 5.91 Å². The molecular weight excluding hydrogens is 476 g/mol. The Kier molecular flexibility index (Phi) is 7.05. The lowest BCUT2D eigenvalue weighted by atomic mass is 10.0. The van der Waals surface area contributed by atoms with Crippen molar-refractivity contribution in [1.82, 2.24) is 14.8 Å². The number of benzene rings is 2. The number of nitrogens with zero attached hydrogens (tertiary/aromatic N) is 2. The first-order chi connectivity index (χ1) is 16.6. The molecular formula is C25H27F2N3O4S. The molecule has 186 valence electrons. The molecule has 1 fully saturated rings. The van der Waals surface area contributed by atoms with Crippen LogP contribution in [0, 0.1) is 18.6 Å². The maximum Gasteiger partial charge on any atom is 0.273 e. The van der Waals surface area contributed by atoms with Gasteiger partial charge in [-0.3, -0.25) is 4.79 Å². The second kappa shape index (κ2) is 9.87. The minimum Gasteiger partial charge on any atom is -0.361 e. The smallest absolute Gasteiger partial charge is 0.273 e. The van der Waals surface area contributed by atoms with Crippen LogP contribution in [0.1, 0.15) is 70.9 Å². The van der Waals surface area contributed by atoms with Crippen LogP contribution in [-0.2, 0) is 16.6 Å². The summed E-state index contributed by atoms with van der Waals surface area (Å²) in [6.45, 7) is 4.63. The van der Waals surface area contributed by atoms with Crippen molar-refractivity contribution in [2.24, 2.45) is 0 Å². The largest absolute Gasteiger partial charge is 0.361 e. The van der Waals surface area contributed by atoms with E-state index in [2.05, 4.69) is 10.5 Å². The van der Waals surface area contributed by atoms with Gasteiger partial charge in [0.1, 0.15) is 22.6 Å². The van der Waals surface area contributed by atoms with E-state index >= 15 is 8.78 Å². The van der Waals surface area contributed by atoms with Crippen LogP contribution in [0.2, 0.25) is 0 Å². The Bertz CT molecular complexity index is 1330. The molecule has 2 aromatic carbocycles. The van der Waals surface area contributed by atoms with E-state index in [0.717, 1.165) is 12.1 Å². The maximum atomic E-state index is 15.1. The van der Waals surface area contributed by atoms with Gasteiger partial charge in [-0.2, -0.15) is 4.31 Å².